The Labute approximate surface area is 200 Å². The zero-order valence-electron chi connectivity index (χ0n) is 20.1. The number of carboxylic acids is 1. The first kappa shape index (κ1) is 24.9. The van der Waals surface area contributed by atoms with Crippen LogP contribution in [0.15, 0.2) is 59.0 Å². The van der Waals surface area contributed by atoms with Crippen molar-refractivity contribution in [3.05, 3.63) is 71.5 Å². The van der Waals surface area contributed by atoms with Crippen molar-refractivity contribution in [3.8, 4) is 17.1 Å². The Hall–Kier alpha value is -3.74. The summed E-state index contributed by atoms with van der Waals surface area (Å²) in [5.74, 6) is 1.20. The summed E-state index contributed by atoms with van der Waals surface area (Å²) in [5, 5.41) is 15.0. The number of nitrogens with one attached hydrogen (secondary N) is 2. The summed E-state index contributed by atoms with van der Waals surface area (Å²) in [7, 11) is 1.51. The first-order chi connectivity index (χ1) is 16.3. The first-order valence-electron chi connectivity index (χ1n) is 11.4. The Morgan fingerprint density at radius 1 is 1.09 bits per heavy atom. The molecule has 0 bridgehead atoms. The van der Waals surface area contributed by atoms with Gasteiger partial charge >= 0.3 is 5.97 Å². The van der Waals surface area contributed by atoms with E-state index in [1.54, 1.807) is 12.1 Å². The summed E-state index contributed by atoms with van der Waals surface area (Å²) in [5.41, 5.74) is 3.28. The molecule has 1 unspecified atom stereocenters. The van der Waals surface area contributed by atoms with E-state index in [1.165, 1.54) is 7.11 Å². The van der Waals surface area contributed by atoms with Crippen LogP contribution in [-0.2, 0) is 4.79 Å². The third-order valence-corrected chi connectivity index (χ3v) is 5.51. The molecule has 7 nitrogen and oxygen atoms in total. The van der Waals surface area contributed by atoms with E-state index in [2.05, 4.69) is 30.5 Å². The second-order valence-corrected chi connectivity index (χ2v) is 8.63. The number of amides is 1. The van der Waals surface area contributed by atoms with Crippen LogP contribution in [0.25, 0.3) is 11.3 Å². The van der Waals surface area contributed by atoms with E-state index in [4.69, 9.17) is 14.3 Å². The smallest absolute Gasteiger partial charge is 0.305 e. The summed E-state index contributed by atoms with van der Waals surface area (Å²) in [6, 6.07) is 17.4. The van der Waals surface area contributed by atoms with E-state index in [0.717, 1.165) is 34.8 Å². The third kappa shape index (κ3) is 6.41. The van der Waals surface area contributed by atoms with E-state index in [9.17, 15) is 9.59 Å². The number of carboxylic acid groups (broad SMARTS) is 1. The number of carbonyl (C=O) groups is 2. The minimum atomic E-state index is -0.965. The molecule has 1 atom stereocenters. The van der Waals surface area contributed by atoms with Crippen LogP contribution in [0, 0.1) is 12.8 Å². The summed E-state index contributed by atoms with van der Waals surface area (Å²) in [4.78, 5) is 23.2. The molecule has 1 aromatic heterocycles. The number of aliphatic carboxylic acids is 1. The van der Waals surface area contributed by atoms with E-state index in [-0.39, 0.29) is 24.9 Å². The number of aryl methyl sites for hydroxylation is 1. The highest BCUT2D eigenvalue weighted by molar-refractivity contribution is 5.97. The summed E-state index contributed by atoms with van der Waals surface area (Å²) in [6.07, 6.45) is 0.744. The molecule has 0 fully saturated rings. The highest BCUT2D eigenvalue weighted by atomic mass is 16.5. The molecule has 34 heavy (non-hydrogen) atoms. The maximum absolute atomic E-state index is 12.5. The van der Waals surface area contributed by atoms with Gasteiger partial charge in [0.15, 0.2) is 0 Å². The van der Waals surface area contributed by atoms with Crippen LogP contribution in [-0.4, -0.2) is 30.6 Å². The lowest BCUT2D eigenvalue weighted by Gasteiger charge is -2.22. The van der Waals surface area contributed by atoms with Gasteiger partial charge in [-0.15, -0.1) is 0 Å². The summed E-state index contributed by atoms with van der Waals surface area (Å²) < 4.78 is 11.5. The first-order valence-corrected chi connectivity index (χ1v) is 11.4. The van der Waals surface area contributed by atoms with E-state index >= 15 is 0 Å². The van der Waals surface area contributed by atoms with Gasteiger partial charge < -0.3 is 24.9 Å². The minimum Gasteiger partial charge on any atom is -0.496 e. The lowest BCUT2D eigenvalue weighted by Crippen LogP contribution is -2.26. The Morgan fingerprint density at radius 3 is 2.47 bits per heavy atom. The van der Waals surface area contributed by atoms with Crippen molar-refractivity contribution < 1.29 is 23.8 Å². The average Bonchev–Trinajstić information content (AvgIpc) is 3.20. The second kappa shape index (κ2) is 11.4. The Bertz CT molecular complexity index is 1120. The van der Waals surface area contributed by atoms with Crippen molar-refractivity contribution in [2.45, 2.75) is 39.7 Å². The third-order valence-electron chi connectivity index (χ3n) is 5.51. The number of methoxy groups -OCH3 is 1. The van der Waals surface area contributed by atoms with Crippen LogP contribution >= 0.6 is 0 Å². The highest BCUT2D eigenvalue weighted by Crippen LogP contribution is 2.35. The number of rotatable bonds is 11. The molecule has 2 aromatic carbocycles. The standard InChI is InChI=1S/C27H32N2O5/c1-17(2)14-23(22-16-24(34-18(22)3)19-8-6-5-7-9-19)29-20-10-11-21(25(15-20)33-4)27(32)28-13-12-26(30)31/h5-11,15-17,23,29H,12-14H2,1-4H3,(H,28,32)(H,30,31). The molecule has 0 aliphatic heterocycles. The van der Waals surface area contributed by atoms with E-state index < -0.39 is 5.97 Å². The maximum atomic E-state index is 12.5. The number of anilines is 1. The molecule has 0 aliphatic rings. The normalized spacial score (nSPS) is 11.8. The van der Waals surface area contributed by atoms with Crippen LogP contribution < -0.4 is 15.4 Å². The Kier molecular flexibility index (Phi) is 8.35. The van der Waals surface area contributed by atoms with Crippen molar-refractivity contribution in [3.63, 3.8) is 0 Å². The molecule has 1 amide bonds. The highest BCUT2D eigenvalue weighted by Gasteiger charge is 2.21. The SMILES string of the molecule is COc1cc(NC(CC(C)C)c2cc(-c3ccccc3)oc2C)ccc1C(=O)NCCC(=O)O. The molecule has 7 heteroatoms. The van der Waals surface area contributed by atoms with Gasteiger partial charge in [-0.05, 0) is 37.5 Å². The monoisotopic (exact) mass is 464 g/mol. The molecule has 3 rings (SSSR count). The largest absolute Gasteiger partial charge is 0.496 e. The Morgan fingerprint density at radius 2 is 1.82 bits per heavy atom. The zero-order chi connectivity index (χ0) is 24.7. The lowest BCUT2D eigenvalue weighted by molar-refractivity contribution is -0.136. The van der Waals surface area contributed by atoms with Crippen LogP contribution in [0.2, 0.25) is 0 Å². The van der Waals surface area contributed by atoms with Crippen molar-refractivity contribution >= 4 is 17.6 Å². The molecule has 0 spiro atoms. The van der Waals surface area contributed by atoms with Crippen molar-refractivity contribution in [2.75, 3.05) is 19.0 Å². The van der Waals surface area contributed by atoms with Crippen LogP contribution in [0.4, 0.5) is 5.69 Å². The van der Waals surface area contributed by atoms with Gasteiger partial charge in [0.1, 0.15) is 17.3 Å². The molecule has 0 saturated heterocycles. The molecular weight excluding hydrogens is 432 g/mol. The van der Waals surface area contributed by atoms with Gasteiger partial charge in [-0.1, -0.05) is 44.2 Å². The van der Waals surface area contributed by atoms with Gasteiger partial charge in [-0.2, -0.15) is 0 Å². The van der Waals surface area contributed by atoms with Gasteiger partial charge in [-0.25, -0.2) is 0 Å². The maximum Gasteiger partial charge on any atom is 0.305 e. The van der Waals surface area contributed by atoms with Gasteiger partial charge in [0.2, 0.25) is 0 Å². The lowest BCUT2D eigenvalue weighted by atomic mass is 9.96. The average molecular weight is 465 g/mol. The van der Waals surface area contributed by atoms with Crippen LogP contribution in [0.3, 0.4) is 0 Å². The van der Waals surface area contributed by atoms with E-state index in [0.29, 0.717) is 17.2 Å². The zero-order valence-corrected chi connectivity index (χ0v) is 20.1. The van der Waals surface area contributed by atoms with Crippen LogP contribution in [0.5, 0.6) is 5.75 Å². The molecule has 0 radical (unpaired) electrons. The van der Waals surface area contributed by atoms with Crippen molar-refractivity contribution in [1.29, 1.82) is 0 Å². The van der Waals surface area contributed by atoms with Gasteiger partial charge in [0, 0.05) is 29.4 Å². The molecule has 0 saturated carbocycles. The molecule has 0 aliphatic carbocycles. The fraction of sp³-hybridized carbons (Fsp3) is 0.333. The number of benzene rings is 2. The molecule has 3 N–H and O–H groups in total. The fourth-order valence-corrected chi connectivity index (χ4v) is 3.87. The van der Waals surface area contributed by atoms with Crippen molar-refractivity contribution in [2.24, 2.45) is 5.92 Å². The summed E-state index contributed by atoms with van der Waals surface area (Å²) >= 11 is 0. The second-order valence-electron chi connectivity index (χ2n) is 8.63. The number of hydrogen-bond acceptors (Lipinski definition) is 5. The van der Waals surface area contributed by atoms with Crippen molar-refractivity contribution in [1.82, 2.24) is 5.32 Å². The summed E-state index contributed by atoms with van der Waals surface area (Å²) in [6.45, 7) is 6.37. The fourth-order valence-electron chi connectivity index (χ4n) is 3.87. The van der Waals surface area contributed by atoms with Crippen LogP contribution in [0.1, 0.15) is 54.4 Å². The molecule has 3 aromatic rings. The number of carbonyl (C=O) groups excluding carboxylic acids is 1. The van der Waals surface area contributed by atoms with E-state index in [1.807, 2.05) is 43.3 Å². The quantitative estimate of drug-likeness (QED) is 0.338. The number of ether oxygens (including phenoxy) is 1. The molecular formula is C27H32N2O5. The minimum absolute atomic E-state index is 0.00108. The predicted molar refractivity (Wildman–Crippen MR) is 132 cm³/mol. The number of hydrogen-bond donors (Lipinski definition) is 3. The topological polar surface area (TPSA) is 101 Å². The predicted octanol–water partition coefficient (Wildman–Crippen LogP) is 5.67. The molecule has 180 valence electrons. The molecule has 1 heterocycles. The van der Waals surface area contributed by atoms with Gasteiger partial charge in [-0.3, -0.25) is 9.59 Å². The van der Waals surface area contributed by atoms with Gasteiger partial charge in [0.05, 0.1) is 25.1 Å². The Balaban J connectivity index is 1.83. The number of furan rings is 1. The van der Waals surface area contributed by atoms with Gasteiger partial charge in [0.25, 0.3) is 5.91 Å².